The van der Waals surface area contributed by atoms with Crippen LogP contribution < -0.4 is 4.74 Å². The van der Waals surface area contributed by atoms with E-state index in [-0.39, 0.29) is 36.9 Å². The van der Waals surface area contributed by atoms with Crippen molar-refractivity contribution in [3.8, 4) is 5.75 Å². The van der Waals surface area contributed by atoms with Gasteiger partial charge in [-0.2, -0.15) is 0 Å². The molecule has 0 saturated carbocycles. The van der Waals surface area contributed by atoms with Crippen molar-refractivity contribution in [1.82, 2.24) is 0 Å². The van der Waals surface area contributed by atoms with Crippen LogP contribution in [0.2, 0.25) is 0 Å². The van der Waals surface area contributed by atoms with Crippen LogP contribution in [0.4, 0.5) is 0 Å². The minimum Gasteiger partial charge on any atom is -0.489 e. The van der Waals surface area contributed by atoms with Crippen LogP contribution in [0.5, 0.6) is 5.75 Å². The second-order valence-corrected chi connectivity index (χ2v) is 2.25. The van der Waals surface area contributed by atoms with Crippen molar-refractivity contribution >= 4 is 6.08 Å². The number of para-hydroxylation sites is 1. The Labute approximate surface area is 95.2 Å². The third-order valence-electron chi connectivity index (χ3n) is 1.55. The molecular formula is C9H8OTm. The molecule has 0 saturated heterocycles. The Balaban J connectivity index is 0.000000605. The van der Waals surface area contributed by atoms with Crippen LogP contribution in [0.1, 0.15) is 5.56 Å². The fourth-order valence-corrected chi connectivity index (χ4v) is 1.06. The molecular weight excluding hydrogens is 293 g/mol. The van der Waals surface area contributed by atoms with Gasteiger partial charge in [-0.05, 0) is 12.1 Å². The van der Waals surface area contributed by atoms with Gasteiger partial charge in [-0.15, -0.1) is 0 Å². The number of fused-ring (bicyclic) bond motifs is 1. The molecule has 0 atom stereocenters. The monoisotopic (exact) mass is 301 g/mol. The molecule has 63 valence electrons. The van der Waals surface area contributed by atoms with Gasteiger partial charge in [0, 0.05) is 42.4 Å². The molecule has 1 aliphatic rings. The van der Waals surface area contributed by atoms with Crippen molar-refractivity contribution in [2.45, 2.75) is 0 Å². The third kappa shape index (κ3) is 1.97. The largest absolute Gasteiger partial charge is 0.489 e. The Morgan fingerprint density at radius 1 is 1.18 bits per heavy atom. The predicted octanol–water partition coefficient (Wildman–Crippen LogP) is 2.09. The van der Waals surface area contributed by atoms with E-state index in [2.05, 4.69) is 6.08 Å². The summed E-state index contributed by atoms with van der Waals surface area (Å²) in [6.07, 6.45) is 4.10. The number of benzene rings is 1. The van der Waals surface area contributed by atoms with Gasteiger partial charge in [0.15, 0.2) is 0 Å². The first-order chi connectivity index (χ1) is 4.97. The van der Waals surface area contributed by atoms with Crippen LogP contribution in [0.3, 0.4) is 0 Å². The van der Waals surface area contributed by atoms with Gasteiger partial charge >= 0.3 is 0 Å². The van der Waals surface area contributed by atoms with Crippen LogP contribution in [0.25, 0.3) is 6.08 Å². The second-order valence-electron chi connectivity index (χ2n) is 2.25. The Morgan fingerprint density at radius 2 is 2.00 bits per heavy atom. The summed E-state index contributed by atoms with van der Waals surface area (Å²) in [6, 6.07) is 8.03. The zero-order valence-corrected chi connectivity index (χ0v) is 7.64. The van der Waals surface area contributed by atoms with Crippen LogP contribution >= 0.6 is 0 Å². The third-order valence-corrected chi connectivity index (χ3v) is 1.55. The normalized spacial score (nSPS) is 12.7. The van der Waals surface area contributed by atoms with Crippen LogP contribution in [-0.2, 0) is 0 Å². The van der Waals surface area contributed by atoms with Gasteiger partial charge in [-0.1, -0.05) is 24.3 Å². The first-order valence-corrected chi connectivity index (χ1v) is 3.35. The molecule has 0 spiro atoms. The van der Waals surface area contributed by atoms with E-state index in [4.69, 9.17) is 4.74 Å². The summed E-state index contributed by atoms with van der Waals surface area (Å²) >= 11 is 0. The molecule has 1 radical (unpaired) electrons. The second kappa shape index (κ2) is 4.13. The van der Waals surface area contributed by atoms with E-state index in [1.54, 1.807) is 0 Å². The van der Waals surface area contributed by atoms with Gasteiger partial charge in [0.2, 0.25) is 0 Å². The molecule has 2 rings (SSSR count). The van der Waals surface area contributed by atoms with Crippen molar-refractivity contribution in [3.63, 3.8) is 0 Å². The summed E-state index contributed by atoms with van der Waals surface area (Å²) in [6.45, 7) is 0.705. The SMILES string of the molecule is C1=Cc2ccccc2OC1.[Tm]. The summed E-state index contributed by atoms with van der Waals surface area (Å²) in [4.78, 5) is 0. The number of hydrogen-bond acceptors (Lipinski definition) is 1. The Kier molecular flexibility index (Phi) is 3.41. The average Bonchev–Trinajstić information content (AvgIpc) is 2.05. The molecule has 1 aromatic rings. The van der Waals surface area contributed by atoms with E-state index in [0.717, 1.165) is 5.75 Å². The summed E-state index contributed by atoms with van der Waals surface area (Å²) in [5.41, 5.74) is 1.17. The summed E-state index contributed by atoms with van der Waals surface area (Å²) in [5, 5.41) is 0. The first-order valence-electron chi connectivity index (χ1n) is 3.35. The molecule has 1 nitrogen and oxygen atoms in total. The summed E-state index contributed by atoms with van der Waals surface area (Å²) in [7, 11) is 0. The van der Waals surface area contributed by atoms with Crippen LogP contribution in [0, 0.1) is 36.9 Å². The fraction of sp³-hybridized carbons (Fsp3) is 0.111. The van der Waals surface area contributed by atoms with Crippen LogP contribution in [-0.4, -0.2) is 6.61 Å². The van der Waals surface area contributed by atoms with Crippen molar-refractivity contribution < 1.29 is 41.6 Å². The zero-order valence-electron chi connectivity index (χ0n) is 5.86. The van der Waals surface area contributed by atoms with Gasteiger partial charge in [0.1, 0.15) is 12.4 Å². The van der Waals surface area contributed by atoms with Gasteiger partial charge in [-0.3, -0.25) is 0 Å². The number of ether oxygens (including phenoxy) is 1. The zero-order chi connectivity index (χ0) is 6.81. The summed E-state index contributed by atoms with van der Waals surface area (Å²) < 4.78 is 5.34. The molecule has 0 unspecified atom stereocenters. The smallest absolute Gasteiger partial charge is 0.126 e. The summed E-state index contributed by atoms with van der Waals surface area (Å²) in [5.74, 6) is 0.991. The Morgan fingerprint density at radius 3 is 2.82 bits per heavy atom. The van der Waals surface area contributed by atoms with Crippen molar-refractivity contribution in [2.24, 2.45) is 0 Å². The quantitative estimate of drug-likeness (QED) is 0.713. The molecule has 0 fully saturated rings. The first kappa shape index (κ1) is 9.08. The Bertz CT molecular complexity index is 268. The van der Waals surface area contributed by atoms with Gasteiger partial charge in [0.05, 0.1) is 0 Å². The van der Waals surface area contributed by atoms with Gasteiger partial charge < -0.3 is 4.74 Å². The maximum absolute atomic E-state index is 5.34. The van der Waals surface area contributed by atoms with Gasteiger partial charge in [0.25, 0.3) is 0 Å². The molecule has 0 bridgehead atoms. The fourth-order valence-electron chi connectivity index (χ4n) is 1.06. The molecule has 1 aliphatic heterocycles. The topological polar surface area (TPSA) is 9.23 Å². The molecule has 0 amide bonds. The molecule has 11 heavy (non-hydrogen) atoms. The number of rotatable bonds is 0. The van der Waals surface area contributed by atoms with E-state index < -0.39 is 0 Å². The standard InChI is InChI=1S/C9H8O.Tm/c1-2-6-9-8(4-1)5-3-7-10-9;/h1-6H,7H2;. The molecule has 1 heterocycles. The minimum absolute atomic E-state index is 0. The van der Waals surface area contributed by atoms with E-state index in [1.807, 2.05) is 30.3 Å². The van der Waals surface area contributed by atoms with Crippen molar-refractivity contribution in [1.29, 1.82) is 0 Å². The van der Waals surface area contributed by atoms with Crippen molar-refractivity contribution in [3.05, 3.63) is 35.9 Å². The molecule has 0 aliphatic carbocycles. The van der Waals surface area contributed by atoms with E-state index in [1.165, 1.54) is 5.56 Å². The molecule has 0 aromatic heterocycles. The van der Waals surface area contributed by atoms with Crippen molar-refractivity contribution in [2.75, 3.05) is 6.61 Å². The van der Waals surface area contributed by atoms with E-state index >= 15 is 0 Å². The molecule has 1 aromatic carbocycles. The Hall–Kier alpha value is -0.00623. The number of hydrogen-bond donors (Lipinski definition) is 0. The minimum atomic E-state index is 0. The maximum Gasteiger partial charge on any atom is 0.126 e. The maximum atomic E-state index is 5.34. The van der Waals surface area contributed by atoms with E-state index in [0.29, 0.717) is 6.61 Å². The van der Waals surface area contributed by atoms with Crippen LogP contribution in [0.15, 0.2) is 30.3 Å². The van der Waals surface area contributed by atoms with Gasteiger partial charge in [-0.25, -0.2) is 0 Å². The van der Waals surface area contributed by atoms with E-state index in [9.17, 15) is 0 Å². The average molecular weight is 301 g/mol. The molecule has 0 N–H and O–H groups in total. The predicted molar refractivity (Wildman–Crippen MR) is 41.0 cm³/mol. The molecule has 2 heteroatoms.